The van der Waals surface area contributed by atoms with Crippen LogP contribution >= 0.6 is 11.8 Å². The van der Waals surface area contributed by atoms with Crippen molar-refractivity contribution >= 4 is 40.2 Å². The predicted octanol–water partition coefficient (Wildman–Crippen LogP) is 3.65. The summed E-state index contributed by atoms with van der Waals surface area (Å²) in [6.07, 6.45) is 0. The fourth-order valence-electron chi connectivity index (χ4n) is 2.38. The van der Waals surface area contributed by atoms with Crippen LogP contribution in [0.2, 0.25) is 0 Å². The lowest BCUT2D eigenvalue weighted by Crippen LogP contribution is -2.21. The van der Waals surface area contributed by atoms with Gasteiger partial charge in [0, 0.05) is 10.3 Å². The molecule has 7 heteroatoms. The second kappa shape index (κ2) is 8.83. The zero-order valence-electron chi connectivity index (χ0n) is 14.2. The van der Waals surface area contributed by atoms with Crippen LogP contribution in [0.1, 0.15) is 10.5 Å². The molecule has 0 saturated heterocycles. The molecule has 27 heavy (non-hydrogen) atoms. The predicted molar refractivity (Wildman–Crippen MR) is 103 cm³/mol. The van der Waals surface area contributed by atoms with Crippen molar-refractivity contribution in [3.63, 3.8) is 0 Å². The van der Waals surface area contributed by atoms with E-state index < -0.39 is 18.5 Å². The van der Waals surface area contributed by atoms with Crippen LogP contribution < -0.4 is 5.32 Å². The van der Waals surface area contributed by atoms with Gasteiger partial charge in [-0.25, -0.2) is 9.78 Å². The Morgan fingerprint density at radius 2 is 1.85 bits per heavy atom. The average molecular weight is 377 g/mol. The van der Waals surface area contributed by atoms with Crippen molar-refractivity contribution < 1.29 is 14.3 Å². The zero-order valence-corrected chi connectivity index (χ0v) is 15.0. The normalized spacial score (nSPS) is 10.2. The molecule has 0 unspecified atom stereocenters. The topological polar surface area (TPSA) is 92.1 Å². The third-order valence-electron chi connectivity index (χ3n) is 3.60. The highest BCUT2D eigenvalue weighted by molar-refractivity contribution is 7.99. The van der Waals surface area contributed by atoms with Crippen molar-refractivity contribution in [2.75, 3.05) is 17.7 Å². The second-order valence-electron chi connectivity index (χ2n) is 5.46. The standard InChI is InChI=1S/C20H15N3O3S/c21-11-12-27-18-8-4-3-7-16(18)23-19(24)13-26-20(25)17-10-9-14-5-1-2-6-15(14)22-17/h1-10H,12-13H2,(H,23,24). The van der Waals surface area contributed by atoms with Gasteiger partial charge in [-0.05, 0) is 24.3 Å². The van der Waals surface area contributed by atoms with E-state index in [9.17, 15) is 9.59 Å². The molecule has 3 rings (SSSR count). The first-order valence-corrected chi connectivity index (χ1v) is 9.07. The first kappa shape index (κ1) is 18.4. The average Bonchev–Trinajstić information content (AvgIpc) is 2.71. The number of esters is 1. The monoisotopic (exact) mass is 377 g/mol. The van der Waals surface area contributed by atoms with Gasteiger partial charge in [0.2, 0.25) is 0 Å². The SMILES string of the molecule is N#CCSc1ccccc1NC(=O)COC(=O)c1ccc2ccccc2n1. The quantitative estimate of drug-likeness (QED) is 0.521. The van der Waals surface area contributed by atoms with Gasteiger partial charge in [0.15, 0.2) is 6.61 Å². The van der Waals surface area contributed by atoms with Gasteiger partial charge in [-0.2, -0.15) is 5.26 Å². The summed E-state index contributed by atoms with van der Waals surface area (Å²) in [4.78, 5) is 29.3. The molecule has 1 N–H and O–H groups in total. The van der Waals surface area contributed by atoms with Crippen LogP contribution in [-0.2, 0) is 9.53 Å². The van der Waals surface area contributed by atoms with E-state index in [1.807, 2.05) is 36.4 Å². The number of nitriles is 1. The number of aromatic nitrogens is 1. The summed E-state index contributed by atoms with van der Waals surface area (Å²) in [7, 11) is 0. The van der Waals surface area contributed by atoms with Crippen molar-refractivity contribution in [2.24, 2.45) is 0 Å². The Hall–Kier alpha value is -3.37. The number of fused-ring (bicyclic) bond motifs is 1. The number of pyridine rings is 1. The van der Waals surface area contributed by atoms with E-state index in [1.54, 1.807) is 30.3 Å². The van der Waals surface area contributed by atoms with E-state index in [1.165, 1.54) is 11.8 Å². The van der Waals surface area contributed by atoms with Crippen molar-refractivity contribution in [2.45, 2.75) is 4.90 Å². The zero-order chi connectivity index (χ0) is 19.1. The van der Waals surface area contributed by atoms with E-state index in [4.69, 9.17) is 10.00 Å². The lowest BCUT2D eigenvalue weighted by molar-refractivity contribution is -0.119. The molecule has 0 saturated carbocycles. The fourth-order valence-corrected chi connectivity index (χ4v) is 3.05. The summed E-state index contributed by atoms with van der Waals surface area (Å²) in [6, 6.07) is 19.9. The van der Waals surface area contributed by atoms with Crippen LogP contribution in [0.5, 0.6) is 0 Å². The molecule has 3 aromatic rings. The van der Waals surface area contributed by atoms with Gasteiger partial charge in [-0.15, -0.1) is 11.8 Å². The Morgan fingerprint density at radius 3 is 2.70 bits per heavy atom. The minimum absolute atomic E-state index is 0.145. The highest BCUT2D eigenvalue weighted by atomic mass is 32.2. The highest BCUT2D eigenvalue weighted by Gasteiger charge is 2.13. The van der Waals surface area contributed by atoms with Gasteiger partial charge in [0.1, 0.15) is 5.69 Å². The summed E-state index contributed by atoms with van der Waals surface area (Å²) in [5, 5.41) is 12.3. The van der Waals surface area contributed by atoms with Gasteiger partial charge in [0.25, 0.3) is 5.91 Å². The third-order valence-corrected chi connectivity index (χ3v) is 4.54. The van der Waals surface area contributed by atoms with Gasteiger partial charge in [-0.1, -0.05) is 36.4 Å². The fraction of sp³-hybridized carbons (Fsp3) is 0.100. The molecule has 0 radical (unpaired) electrons. The number of hydrogen-bond donors (Lipinski definition) is 1. The molecule has 0 aliphatic rings. The largest absolute Gasteiger partial charge is 0.451 e. The molecule has 0 bridgehead atoms. The Morgan fingerprint density at radius 1 is 1.07 bits per heavy atom. The second-order valence-corrected chi connectivity index (χ2v) is 6.47. The molecule has 1 amide bonds. The van der Waals surface area contributed by atoms with Gasteiger partial charge in [0.05, 0.1) is 23.0 Å². The van der Waals surface area contributed by atoms with E-state index >= 15 is 0 Å². The van der Waals surface area contributed by atoms with E-state index in [0.29, 0.717) is 11.2 Å². The molecule has 0 aliphatic heterocycles. The van der Waals surface area contributed by atoms with Crippen LogP contribution in [-0.4, -0.2) is 29.2 Å². The Balaban J connectivity index is 1.60. The molecule has 6 nitrogen and oxygen atoms in total. The molecule has 0 fully saturated rings. The summed E-state index contributed by atoms with van der Waals surface area (Å²) in [5.74, 6) is -0.854. The molecule has 1 aromatic heterocycles. The number of anilines is 1. The number of hydrogen-bond acceptors (Lipinski definition) is 6. The summed E-state index contributed by atoms with van der Waals surface area (Å²) in [5.41, 5.74) is 1.40. The van der Waals surface area contributed by atoms with Gasteiger partial charge in [-0.3, -0.25) is 4.79 Å². The maximum atomic E-state index is 12.1. The molecule has 2 aromatic carbocycles. The maximum Gasteiger partial charge on any atom is 0.357 e. The lowest BCUT2D eigenvalue weighted by atomic mass is 10.2. The number of benzene rings is 2. The summed E-state index contributed by atoms with van der Waals surface area (Å²) in [6.45, 7) is -0.426. The molecular weight excluding hydrogens is 362 g/mol. The van der Waals surface area contributed by atoms with Crippen molar-refractivity contribution in [1.29, 1.82) is 5.26 Å². The number of ether oxygens (including phenoxy) is 1. The van der Waals surface area contributed by atoms with E-state index in [-0.39, 0.29) is 11.4 Å². The smallest absolute Gasteiger partial charge is 0.357 e. The van der Waals surface area contributed by atoms with Crippen LogP contribution in [0, 0.1) is 11.3 Å². The van der Waals surface area contributed by atoms with Crippen LogP contribution in [0.15, 0.2) is 65.6 Å². The summed E-state index contributed by atoms with van der Waals surface area (Å²) < 4.78 is 5.06. The number of thioether (sulfide) groups is 1. The third kappa shape index (κ3) is 4.84. The molecule has 0 atom stereocenters. The molecule has 134 valence electrons. The molecule has 0 spiro atoms. The number of carbonyl (C=O) groups is 2. The van der Waals surface area contributed by atoms with E-state index in [2.05, 4.69) is 10.3 Å². The minimum atomic E-state index is -0.664. The molecule has 1 heterocycles. The number of nitrogens with zero attached hydrogens (tertiary/aromatic N) is 2. The van der Waals surface area contributed by atoms with Crippen LogP contribution in [0.25, 0.3) is 10.9 Å². The lowest BCUT2D eigenvalue weighted by Gasteiger charge is -2.10. The minimum Gasteiger partial charge on any atom is -0.451 e. The van der Waals surface area contributed by atoms with Crippen LogP contribution in [0.4, 0.5) is 5.69 Å². The number of para-hydroxylation sites is 2. The van der Waals surface area contributed by atoms with Crippen molar-refractivity contribution in [3.8, 4) is 6.07 Å². The maximum absolute atomic E-state index is 12.1. The Bertz CT molecular complexity index is 1030. The Kier molecular flexibility index (Phi) is 6.02. The number of carbonyl (C=O) groups excluding carboxylic acids is 2. The van der Waals surface area contributed by atoms with Crippen molar-refractivity contribution in [1.82, 2.24) is 4.98 Å². The van der Waals surface area contributed by atoms with Gasteiger partial charge < -0.3 is 10.1 Å². The molecule has 0 aliphatic carbocycles. The van der Waals surface area contributed by atoms with Gasteiger partial charge >= 0.3 is 5.97 Å². The summed E-state index contributed by atoms with van der Waals surface area (Å²) >= 11 is 1.32. The van der Waals surface area contributed by atoms with E-state index in [0.717, 1.165) is 10.3 Å². The van der Waals surface area contributed by atoms with Crippen molar-refractivity contribution in [3.05, 3.63) is 66.4 Å². The first-order valence-electron chi connectivity index (χ1n) is 8.09. The first-order chi connectivity index (χ1) is 13.2. The Labute approximate surface area is 160 Å². The highest BCUT2D eigenvalue weighted by Crippen LogP contribution is 2.26. The number of amides is 1. The number of rotatable bonds is 6. The van der Waals surface area contributed by atoms with Crippen LogP contribution in [0.3, 0.4) is 0 Å². The molecular formula is C20H15N3O3S. The number of nitrogens with one attached hydrogen (secondary N) is 1.